The standard InChI is InChI=1S/C14H23N5OS/c1-8(19(2)10-5-6-10)7-16-14-11(12(15)18-21-14)13(20)17-9-3-4-9/h8-10,16H,3-7H2,1-2H3,(H2,15,18)(H,17,20). The molecule has 3 rings (SSSR count). The Hall–Kier alpha value is -1.34. The second-order valence-corrected chi connectivity index (χ2v) is 6.92. The summed E-state index contributed by atoms with van der Waals surface area (Å²) in [4.78, 5) is 14.6. The summed E-state index contributed by atoms with van der Waals surface area (Å²) in [6.45, 7) is 2.98. The van der Waals surface area contributed by atoms with Gasteiger partial charge in [0.2, 0.25) is 0 Å². The summed E-state index contributed by atoms with van der Waals surface area (Å²) in [5, 5.41) is 7.10. The van der Waals surface area contributed by atoms with E-state index in [1.54, 1.807) is 0 Å². The molecule has 0 spiro atoms. The molecule has 2 aliphatic carbocycles. The number of likely N-dealkylation sites (N-methyl/N-ethyl adjacent to an activating group) is 1. The van der Waals surface area contributed by atoms with Crippen LogP contribution in [0.2, 0.25) is 0 Å². The highest BCUT2D eigenvalue weighted by atomic mass is 32.1. The molecule has 1 amide bonds. The molecule has 0 aromatic carbocycles. The highest BCUT2D eigenvalue weighted by Crippen LogP contribution is 2.30. The smallest absolute Gasteiger partial charge is 0.258 e. The van der Waals surface area contributed by atoms with E-state index >= 15 is 0 Å². The lowest BCUT2D eigenvalue weighted by atomic mass is 10.2. The summed E-state index contributed by atoms with van der Waals surface area (Å²) in [5.74, 6) is 0.221. The van der Waals surface area contributed by atoms with E-state index in [0.717, 1.165) is 30.4 Å². The largest absolute Gasteiger partial charge is 0.382 e. The first-order valence-electron chi connectivity index (χ1n) is 7.58. The lowest BCUT2D eigenvalue weighted by molar-refractivity contribution is 0.0953. The average molecular weight is 309 g/mol. The van der Waals surface area contributed by atoms with E-state index in [2.05, 4.69) is 33.9 Å². The minimum absolute atomic E-state index is 0.102. The zero-order valence-corrected chi connectivity index (χ0v) is 13.4. The van der Waals surface area contributed by atoms with E-state index in [1.807, 2.05) is 0 Å². The highest BCUT2D eigenvalue weighted by molar-refractivity contribution is 7.11. The Balaban J connectivity index is 1.60. The maximum absolute atomic E-state index is 12.2. The molecule has 2 saturated carbocycles. The van der Waals surface area contributed by atoms with Crippen LogP contribution in [0.1, 0.15) is 43.0 Å². The number of nitrogens with one attached hydrogen (secondary N) is 2. The number of rotatable bonds is 7. The Morgan fingerprint density at radius 2 is 2.19 bits per heavy atom. The number of nitrogen functional groups attached to an aromatic ring is 1. The van der Waals surface area contributed by atoms with Gasteiger partial charge in [-0.2, -0.15) is 4.37 Å². The van der Waals surface area contributed by atoms with Crippen LogP contribution in [-0.2, 0) is 0 Å². The Morgan fingerprint density at radius 3 is 2.81 bits per heavy atom. The predicted octanol–water partition coefficient (Wildman–Crippen LogP) is 1.51. The van der Waals surface area contributed by atoms with Gasteiger partial charge in [0, 0.05) is 24.7 Å². The zero-order valence-electron chi connectivity index (χ0n) is 12.6. The van der Waals surface area contributed by atoms with Crippen LogP contribution in [0.15, 0.2) is 0 Å². The van der Waals surface area contributed by atoms with Crippen molar-refractivity contribution in [2.45, 2.75) is 50.7 Å². The van der Waals surface area contributed by atoms with Crippen molar-refractivity contribution < 1.29 is 4.79 Å². The molecule has 7 heteroatoms. The van der Waals surface area contributed by atoms with Crippen molar-refractivity contribution in [3.05, 3.63) is 5.56 Å². The second kappa shape index (κ2) is 5.81. The molecule has 1 atom stereocenters. The van der Waals surface area contributed by atoms with Crippen LogP contribution >= 0.6 is 11.5 Å². The Kier molecular flexibility index (Phi) is 4.03. The SMILES string of the molecule is CC(CNc1snc(N)c1C(=O)NC1CC1)N(C)C1CC1. The van der Waals surface area contributed by atoms with Crippen molar-refractivity contribution in [3.8, 4) is 0 Å². The van der Waals surface area contributed by atoms with Gasteiger partial charge in [-0.3, -0.25) is 9.69 Å². The molecule has 0 radical (unpaired) electrons. The van der Waals surface area contributed by atoms with E-state index in [1.165, 1.54) is 24.4 Å². The third-order valence-electron chi connectivity index (χ3n) is 4.23. The fourth-order valence-corrected chi connectivity index (χ4v) is 3.07. The van der Waals surface area contributed by atoms with E-state index < -0.39 is 0 Å². The molecule has 1 heterocycles. The Labute approximate surface area is 129 Å². The molecule has 2 fully saturated rings. The number of carbonyl (C=O) groups is 1. The molecule has 1 unspecified atom stereocenters. The lowest BCUT2D eigenvalue weighted by Gasteiger charge is -2.24. The van der Waals surface area contributed by atoms with E-state index in [-0.39, 0.29) is 5.91 Å². The zero-order chi connectivity index (χ0) is 15.0. The fourth-order valence-electron chi connectivity index (χ4n) is 2.35. The lowest BCUT2D eigenvalue weighted by Crippen LogP contribution is -2.36. The number of carbonyl (C=O) groups excluding carboxylic acids is 1. The van der Waals surface area contributed by atoms with Crippen molar-refractivity contribution in [1.29, 1.82) is 0 Å². The van der Waals surface area contributed by atoms with Gasteiger partial charge in [0.25, 0.3) is 5.91 Å². The van der Waals surface area contributed by atoms with Crippen LogP contribution in [0.4, 0.5) is 10.8 Å². The Morgan fingerprint density at radius 1 is 1.48 bits per heavy atom. The number of nitrogens with two attached hydrogens (primary N) is 1. The van der Waals surface area contributed by atoms with Crippen molar-refractivity contribution >= 4 is 28.3 Å². The van der Waals surface area contributed by atoms with Gasteiger partial charge in [-0.05, 0) is 51.2 Å². The first kappa shape index (κ1) is 14.6. The van der Waals surface area contributed by atoms with Crippen molar-refractivity contribution in [2.75, 3.05) is 24.6 Å². The summed E-state index contributed by atoms with van der Waals surface area (Å²) < 4.78 is 4.12. The molecular weight excluding hydrogens is 286 g/mol. The Bertz CT molecular complexity index is 523. The first-order chi connectivity index (χ1) is 10.1. The fraction of sp³-hybridized carbons (Fsp3) is 0.714. The van der Waals surface area contributed by atoms with Crippen LogP contribution in [0, 0.1) is 0 Å². The summed E-state index contributed by atoms with van der Waals surface area (Å²) in [6.07, 6.45) is 4.72. The van der Waals surface area contributed by atoms with E-state index in [0.29, 0.717) is 23.5 Å². The molecule has 6 nitrogen and oxygen atoms in total. The molecule has 0 bridgehead atoms. The monoisotopic (exact) mass is 309 g/mol. The van der Waals surface area contributed by atoms with Crippen LogP contribution in [0.25, 0.3) is 0 Å². The molecular formula is C14H23N5OS. The molecule has 1 aromatic rings. The van der Waals surface area contributed by atoms with Gasteiger partial charge >= 0.3 is 0 Å². The number of hydrogen-bond donors (Lipinski definition) is 3. The highest BCUT2D eigenvalue weighted by Gasteiger charge is 2.30. The normalized spacial score (nSPS) is 19.6. The van der Waals surface area contributed by atoms with Crippen LogP contribution in [-0.4, -0.2) is 46.9 Å². The van der Waals surface area contributed by atoms with Crippen molar-refractivity contribution in [3.63, 3.8) is 0 Å². The van der Waals surface area contributed by atoms with E-state index in [4.69, 9.17) is 5.73 Å². The summed E-state index contributed by atoms with van der Waals surface area (Å²) in [7, 11) is 2.16. The molecule has 116 valence electrons. The quantitative estimate of drug-likeness (QED) is 0.711. The molecule has 0 saturated heterocycles. The van der Waals surface area contributed by atoms with Crippen LogP contribution < -0.4 is 16.4 Å². The maximum atomic E-state index is 12.2. The summed E-state index contributed by atoms with van der Waals surface area (Å²) >= 11 is 1.26. The van der Waals surface area contributed by atoms with E-state index in [9.17, 15) is 4.79 Å². The number of hydrogen-bond acceptors (Lipinski definition) is 6. The van der Waals surface area contributed by atoms with Gasteiger partial charge in [-0.25, -0.2) is 0 Å². The minimum Gasteiger partial charge on any atom is -0.382 e. The minimum atomic E-state index is -0.102. The second-order valence-electron chi connectivity index (χ2n) is 6.15. The average Bonchev–Trinajstić information content (AvgIpc) is 3.35. The van der Waals surface area contributed by atoms with Gasteiger partial charge in [0.15, 0.2) is 5.82 Å². The maximum Gasteiger partial charge on any atom is 0.258 e. The third kappa shape index (κ3) is 3.47. The predicted molar refractivity (Wildman–Crippen MR) is 85.8 cm³/mol. The summed E-state index contributed by atoms with van der Waals surface area (Å²) in [5.41, 5.74) is 6.36. The van der Waals surface area contributed by atoms with Crippen molar-refractivity contribution in [2.24, 2.45) is 0 Å². The molecule has 21 heavy (non-hydrogen) atoms. The van der Waals surface area contributed by atoms with Crippen LogP contribution in [0.3, 0.4) is 0 Å². The first-order valence-corrected chi connectivity index (χ1v) is 8.35. The third-order valence-corrected chi connectivity index (χ3v) is 5.05. The molecule has 4 N–H and O–H groups in total. The van der Waals surface area contributed by atoms with Gasteiger partial charge < -0.3 is 16.4 Å². The van der Waals surface area contributed by atoms with Gasteiger partial charge in [0.1, 0.15) is 10.6 Å². The topological polar surface area (TPSA) is 83.3 Å². The number of anilines is 2. The molecule has 1 aromatic heterocycles. The summed E-state index contributed by atoms with van der Waals surface area (Å²) in [6, 6.07) is 1.47. The van der Waals surface area contributed by atoms with Crippen LogP contribution in [0.5, 0.6) is 0 Å². The number of amides is 1. The number of nitrogens with zero attached hydrogens (tertiary/aromatic N) is 2. The van der Waals surface area contributed by atoms with Crippen molar-refractivity contribution in [1.82, 2.24) is 14.6 Å². The van der Waals surface area contributed by atoms with Gasteiger partial charge in [-0.15, -0.1) is 0 Å². The number of aromatic nitrogens is 1. The molecule has 2 aliphatic rings. The molecule has 0 aliphatic heterocycles. The van der Waals surface area contributed by atoms with Gasteiger partial charge in [-0.1, -0.05) is 0 Å². The van der Waals surface area contributed by atoms with Gasteiger partial charge in [0.05, 0.1) is 0 Å².